The smallest absolute Gasteiger partial charge is 0.264 e. The minimum Gasteiger partial charge on any atom is -0.394 e. The molecule has 1 saturated heterocycles. The number of morpholine rings is 1. The Balaban J connectivity index is 1.88. The van der Waals surface area contributed by atoms with Crippen molar-refractivity contribution in [2.75, 3.05) is 19.8 Å². The van der Waals surface area contributed by atoms with Crippen LogP contribution in [0.4, 0.5) is 4.39 Å². The summed E-state index contributed by atoms with van der Waals surface area (Å²) in [6.07, 6.45) is -0.336. The first kappa shape index (κ1) is 14.4. The molecule has 1 N–H and O–H groups in total. The molecule has 1 aliphatic rings. The van der Waals surface area contributed by atoms with Crippen molar-refractivity contribution < 1.29 is 19.0 Å². The maximum absolute atomic E-state index is 13.2. The number of halogens is 1. The number of carbonyl (C=O) groups is 1. The number of benzene rings is 1. The van der Waals surface area contributed by atoms with Crippen LogP contribution in [0.5, 0.6) is 0 Å². The lowest BCUT2D eigenvalue weighted by atomic mass is 10.2. The average Bonchev–Trinajstić information content (AvgIpc) is 2.90. The topological polar surface area (TPSA) is 49.8 Å². The largest absolute Gasteiger partial charge is 0.394 e. The predicted octanol–water partition coefficient (Wildman–Crippen LogP) is 2.26. The maximum Gasteiger partial charge on any atom is 0.264 e. The highest BCUT2D eigenvalue weighted by Gasteiger charge is 2.30. The van der Waals surface area contributed by atoms with Gasteiger partial charge in [-0.2, -0.15) is 0 Å². The van der Waals surface area contributed by atoms with Crippen molar-refractivity contribution in [2.24, 2.45) is 0 Å². The van der Waals surface area contributed by atoms with Gasteiger partial charge in [0.15, 0.2) is 0 Å². The minimum absolute atomic E-state index is 0.0396. The van der Waals surface area contributed by atoms with Crippen LogP contribution in [0.2, 0.25) is 0 Å². The lowest BCUT2D eigenvalue weighted by Gasteiger charge is -2.37. The Morgan fingerprint density at radius 3 is 3.10 bits per heavy atom. The van der Waals surface area contributed by atoms with E-state index in [1.165, 1.54) is 23.5 Å². The Bertz CT molecular complexity index is 672. The van der Waals surface area contributed by atoms with Gasteiger partial charge >= 0.3 is 0 Å². The Hall–Kier alpha value is -1.50. The van der Waals surface area contributed by atoms with E-state index in [0.29, 0.717) is 18.0 Å². The second-order valence-electron chi connectivity index (χ2n) is 5.24. The SMILES string of the molecule is CC1COC(CO)CN1C(=O)c1cc2cc(F)ccc2s1. The van der Waals surface area contributed by atoms with Crippen molar-refractivity contribution in [1.82, 2.24) is 4.90 Å². The third-order valence-corrected chi connectivity index (χ3v) is 4.76. The number of ether oxygens (including phenoxy) is 1. The summed E-state index contributed by atoms with van der Waals surface area (Å²) in [7, 11) is 0. The van der Waals surface area contributed by atoms with Crippen molar-refractivity contribution in [2.45, 2.75) is 19.1 Å². The molecule has 2 aromatic rings. The molecule has 4 nitrogen and oxygen atoms in total. The first-order valence-electron chi connectivity index (χ1n) is 6.81. The molecule has 6 heteroatoms. The molecular formula is C15H16FNO3S. The number of amides is 1. The van der Waals surface area contributed by atoms with E-state index < -0.39 is 0 Å². The number of hydrogen-bond donors (Lipinski definition) is 1. The van der Waals surface area contributed by atoms with Gasteiger partial charge in [-0.1, -0.05) is 0 Å². The van der Waals surface area contributed by atoms with Gasteiger partial charge in [0.05, 0.1) is 30.2 Å². The van der Waals surface area contributed by atoms with Gasteiger partial charge in [-0.3, -0.25) is 4.79 Å². The van der Waals surface area contributed by atoms with Crippen molar-refractivity contribution in [3.63, 3.8) is 0 Å². The van der Waals surface area contributed by atoms with Crippen LogP contribution in [0.1, 0.15) is 16.6 Å². The molecule has 2 atom stereocenters. The first-order valence-corrected chi connectivity index (χ1v) is 7.62. The summed E-state index contributed by atoms with van der Waals surface area (Å²) in [6, 6.07) is 6.20. The molecule has 1 aromatic heterocycles. The second kappa shape index (κ2) is 5.71. The zero-order valence-electron chi connectivity index (χ0n) is 11.6. The van der Waals surface area contributed by atoms with Crippen LogP contribution in [0, 0.1) is 5.82 Å². The molecule has 1 aliphatic heterocycles. The van der Waals surface area contributed by atoms with Gasteiger partial charge in [-0.15, -0.1) is 11.3 Å². The number of hydrogen-bond acceptors (Lipinski definition) is 4. The lowest BCUT2D eigenvalue weighted by Crippen LogP contribution is -2.51. The van der Waals surface area contributed by atoms with Crippen LogP contribution in [0.25, 0.3) is 10.1 Å². The van der Waals surface area contributed by atoms with E-state index in [4.69, 9.17) is 4.74 Å². The molecule has 3 rings (SSSR count). The van der Waals surface area contributed by atoms with E-state index in [1.807, 2.05) is 6.92 Å². The van der Waals surface area contributed by atoms with Crippen LogP contribution < -0.4 is 0 Å². The van der Waals surface area contributed by atoms with Crippen LogP contribution in [0.15, 0.2) is 24.3 Å². The van der Waals surface area contributed by atoms with Gasteiger partial charge < -0.3 is 14.7 Å². The fraction of sp³-hybridized carbons (Fsp3) is 0.400. The highest BCUT2D eigenvalue weighted by Crippen LogP contribution is 2.28. The fourth-order valence-electron chi connectivity index (χ4n) is 2.47. The molecule has 0 bridgehead atoms. The zero-order chi connectivity index (χ0) is 15.0. The highest BCUT2D eigenvalue weighted by molar-refractivity contribution is 7.20. The number of aliphatic hydroxyl groups excluding tert-OH is 1. The molecular weight excluding hydrogens is 293 g/mol. The maximum atomic E-state index is 13.2. The Kier molecular flexibility index (Phi) is 3.93. The van der Waals surface area contributed by atoms with Crippen molar-refractivity contribution in [3.05, 3.63) is 35.0 Å². The standard InChI is InChI=1S/C15H16FNO3S/c1-9-8-20-12(7-18)6-17(9)15(19)14-5-10-4-11(16)2-3-13(10)21-14/h2-5,9,12,18H,6-8H2,1H3. The van der Waals surface area contributed by atoms with Gasteiger partial charge in [0, 0.05) is 11.2 Å². The minimum atomic E-state index is -0.336. The summed E-state index contributed by atoms with van der Waals surface area (Å²) < 4.78 is 19.6. The van der Waals surface area contributed by atoms with Gasteiger partial charge in [-0.25, -0.2) is 4.39 Å². The summed E-state index contributed by atoms with van der Waals surface area (Å²) >= 11 is 1.36. The number of fused-ring (bicyclic) bond motifs is 1. The number of nitrogens with zero attached hydrogens (tertiary/aromatic N) is 1. The third kappa shape index (κ3) is 2.79. The monoisotopic (exact) mass is 309 g/mol. The van der Waals surface area contributed by atoms with Gasteiger partial charge in [0.1, 0.15) is 5.82 Å². The molecule has 1 fully saturated rings. The summed E-state index contributed by atoms with van der Waals surface area (Å²) in [5.74, 6) is -0.398. The Morgan fingerprint density at radius 1 is 1.52 bits per heavy atom. The summed E-state index contributed by atoms with van der Waals surface area (Å²) in [6.45, 7) is 2.60. The molecule has 2 heterocycles. The van der Waals surface area contributed by atoms with Crippen molar-refractivity contribution >= 4 is 27.3 Å². The average molecular weight is 309 g/mol. The summed E-state index contributed by atoms with van der Waals surface area (Å²) in [5.41, 5.74) is 0. The van der Waals surface area contributed by atoms with Crippen LogP contribution in [-0.2, 0) is 4.74 Å². The molecule has 0 radical (unpaired) electrons. The first-order chi connectivity index (χ1) is 10.1. The summed E-state index contributed by atoms with van der Waals surface area (Å²) in [5, 5.41) is 9.93. The van der Waals surface area contributed by atoms with Crippen LogP contribution in [0.3, 0.4) is 0 Å². The Labute approximate surface area is 125 Å². The third-order valence-electron chi connectivity index (χ3n) is 3.66. The molecule has 112 valence electrons. The van der Waals surface area contributed by atoms with E-state index in [9.17, 15) is 14.3 Å². The van der Waals surface area contributed by atoms with E-state index >= 15 is 0 Å². The predicted molar refractivity (Wildman–Crippen MR) is 79.1 cm³/mol. The molecule has 21 heavy (non-hydrogen) atoms. The number of carbonyl (C=O) groups excluding carboxylic acids is 1. The number of rotatable bonds is 2. The quantitative estimate of drug-likeness (QED) is 0.926. The molecule has 1 amide bonds. The molecule has 2 unspecified atom stereocenters. The van der Waals surface area contributed by atoms with Gasteiger partial charge in [0.2, 0.25) is 0 Å². The molecule has 0 saturated carbocycles. The van der Waals surface area contributed by atoms with Gasteiger partial charge in [0.25, 0.3) is 5.91 Å². The van der Waals surface area contributed by atoms with Gasteiger partial charge in [-0.05, 0) is 36.6 Å². The van der Waals surface area contributed by atoms with E-state index in [2.05, 4.69) is 0 Å². The van der Waals surface area contributed by atoms with Crippen molar-refractivity contribution in [3.8, 4) is 0 Å². The molecule has 0 aliphatic carbocycles. The summed E-state index contributed by atoms with van der Waals surface area (Å²) in [4.78, 5) is 14.9. The van der Waals surface area contributed by atoms with Crippen LogP contribution in [-0.4, -0.2) is 47.8 Å². The number of thiophene rings is 1. The lowest BCUT2D eigenvalue weighted by molar-refractivity contribution is -0.0666. The van der Waals surface area contributed by atoms with E-state index in [1.54, 1.807) is 17.0 Å². The second-order valence-corrected chi connectivity index (χ2v) is 6.32. The fourth-order valence-corrected chi connectivity index (χ4v) is 3.47. The van der Waals surface area contributed by atoms with E-state index in [-0.39, 0.29) is 30.5 Å². The Morgan fingerprint density at radius 2 is 2.33 bits per heavy atom. The van der Waals surface area contributed by atoms with E-state index in [0.717, 1.165) is 10.1 Å². The molecule has 1 aromatic carbocycles. The number of aliphatic hydroxyl groups is 1. The molecule has 0 spiro atoms. The highest BCUT2D eigenvalue weighted by atomic mass is 32.1. The van der Waals surface area contributed by atoms with Crippen molar-refractivity contribution in [1.29, 1.82) is 0 Å². The normalized spacial score (nSPS) is 22.7. The van der Waals surface area contributed by atoms with Crippen LogP contribution >= 0.6 is 11.3 Å². The zero-order valence-corrected chi connectivity index (χ0v) is 12.4.